The zero-order valence-corrected chi connectivity index (χ0v) is 20.8. The van der Waals surface area contributed by atoms with Crippen molar-refractivity contribution in [2.24, 2.45) is 0 Å². The summed E-state index contributed by atoms with van der Waals surface area (Å²) >= 11 is 6.13. The van der Waals surface area contributed by atoms with Gasteiger partial charge in [0.2, 0.25) is 5.95 Å². The van der Waals surface area contributed by atoms with Crippen LogP contribution in [0.25, 0.3) is 11.2 Å². The molecule has 1 aliphatic heterocycles. The molecule has 174 valence electrons. The molecule has 0 aromatic carbocycles. The predicted octanol–water partition coefficient (Wildman–Crippen LogP) is 2.89. The number of nitrogen functional groups attached to an aromatic ring is 1. The van der Waals surface area contributed by atoms with Crippen molar-refractivity contribution in [2.45, 2.75) is 63.8 Å². The van der Waals surface area contributed by atoms with Crippen molar-refractivity contribution in [3.05, 3.63) is 11.5 Å². The molecule has 0 saturated carbocycles. The van der Waals surface area contributed by atoms with Crippen molar-refractivity contribution < 1.29 is 28.3 Å². The lowest BCUT2D eigenvalue weighted by Crippen LogP contribution is -2.46. The Balaban J connectivity index is 1.86. The van der Waals surface area contributed by atoms with Crippen molar-refractivity contribution in [1.29, 1.82) is 0 Å². The minimum atomic E-state index is -4.29. The summed E-state index contributed by atoms with van der Waals surface area (Å²) < 4.78 is 30.9. The van der Waals surface area contributed by atoms with Crippen LogP contribution >= 0.6 is 19.2 Å². The lowest BCUT2D eigenvalue weighted by molar-refractivity contribution is -0.0543. The molecule has 1 fully saturated rings. The molecule has 2 aromatic rings. The second kappa shape index (κ2) is 8.68. The lowest BCUT2D eigenvalue weighted by Gasteiger charge is -2.39. The average molecular weight is 494 g/mol. The first-order valence-corrected chi connectivity index (χ1v) is 14.9. The van der Waals surface area contributed by atoms with Gasteiger partial charge >= 0.3 is 7.60 Å². The highest BCUT2D eigenvalue weighted by Gasteiger charge is 2.45. The topological polar surface area (TPSA) is 155 Å². The first-order valence-electron chi connectivity index (χ1n) is 9.79. The first kappa shape index (κ1) is 24.5. The van der Waals surface area contributed by atoms with Gasteiger partial charge in [-0.2, -0.15) is 9.97 Å². The smallest absolute Gasteiger partial charge is 0.350 e. The summed E-state index contributed by atoms with van der Waals surface area (Å²) in [5, 5.41) is 0.120. The van der Waals surface area contributed by atoms with E-state index in [0.717, 1.165) is 0 Å². The molecule has 0 aliphatic carbocycles. The SMILES string of the molecule is CC(C)(C)[Si](C)(C)O[C@H]1C[C@H](n2cnc3c(Cl)nc(N)nc32)O[C@@H]1COCP(=O)(O)O. The molecule has 4 N–H and O–H groups in total. The number of hydrogen-bond donors (Lipinski definition) is 3. The maximum atomic E-state index is 11.2. The van der Waals surface area contributed by atoms with Crippen LogP contribution in [-0.2, 0) is 18.5 Å². The van der Waals surface area contributed by atoms with Gasteiger partial charge in [0.15, 0.2) is 19.1 Å². The zero-order chi connectivity index (χ0) is 23.2. The molecule has 3 atom stereocenters. The number of nitrogens with two attached hydrogens (primary N) is 1. The van der Waals surface area contributed by atoms with Crippen LogP contribution in [-0.4, -0.2) is 62.8 Å². The minimum absolute atomic E-state index is 0.0212. The summed E-state index contributed by atoms with van der Waals surface area (Å²) in [4.78, 5) is 30.6. The summed E-state index contributed by atoms with van der Waals surface area (Å²) in [5.74, 6) is 0.0212. The van der Waals surface area contributed by atoms with Crippen LogP contribution in [0.2, 0.25) is 23.3 Å². The van der Waals surface area contributed by atoms with E-state index in [0.29, 0.717) is 17.6 Å². The number of aromatic nitrogens is 4. The molecule has 31 heavy (non-hydrogen) atoms. The van der Waals surface area contributed by atoms with Crippen molar-refractivity contribution in [1.82, 2.24) is 19.5 Å². The van der Waals surface area contributed by atoms with Gasteiger partial charge in [-0.25, -0.2) is 4.98 Å². The molecule has 11 nitrogen and oxygen atoms in total. The van der Waals surface area contributed by atoms with Crippen LogP contribution in [0.1, 0.15) is 33.4 Å². The first-order chi connectivity index (χ1) is 14.2. The summed E-state index contributed by atoms with van der Waals surface area (Å²) in [5.41, 5.74) is 6.58. The van der Waals surface area contributed by atoms with Crippen LogP contribution in [0.15, 0.2) is 6.33 Å². The predicted molar refractivity (Wildman–Crippen MR) is 118 cm³/mol. The van der Waals surface area contributed by atoms with E-state index in [4.69, 9.17) is 41.0 Å². The van der Waals surface area contributed by atoms with Crippen molar-refractivity contribution in [3.63, 3.8) is 0 Å². The van der Waals surface area contributed by atoms with Crippen LogP contribution in [0.4, 0.5) is 5.95 Å². The van der Waals surface area contributed by atoms with Gasteiger partial charge in [-0.15, -0.1) is 0 Å². The normalized spacial score (nSPS) is 23.0. The van der Waals surface area contributed by atoms with Crippen LogP contribution in [0.3, 0.4) is 0 Å². The Morgan fingerprint density at radius 2 is 2.06 bits per heavy atom. The van der Waals surface area contributed by atoms with Gasteiger partial charge in [-0.1, -0.05) is 32.4 Å². The van der Waals surface area contributed by atoms with E-state index in [1.165, 1.54) is 0 Å². The van der Waals surface area contributed by atoms with Gasteiger partial charge in [-0.05, 0) is 18.1 Å². The maximum absolute atomic E-state index is 11.2. The maximum Gasteiger partial charge on any atom is 0.350 e. The van der Waals surface area contributed by atoms with E-state index >= 15 is 0 Å². The van der Waals surface area contributed by atoms with E-state index in [-0.39, 0.29) is 28.9 Å². The molecule has 2 aromatic heterocycles. The van der Waals surface area contributed by atoms with Crippen molar-refractivity contribution in [2.75, 3.05) is 18.7 Å². The Morgan fingerprint density at radius 1 is 1.39 bits per heavy atom. The third kappa shape index (κ3) is 5.63. The Hall–Kier alpha value is -1.11. The van der Waals surface area contributed by atoms with E-state index in [1.807, 2.05) is 0 Å². The van der Waals surface area contributed by atoms with E-state index in [2.05, 4.69) is 48.8 Å². The second-order valence-corrected chi connectivity index (χ2v) is 15.8. The largest absolute Gasteiger partial charge is 0.411 e. The van der Waals surface area contributed by atoms with E-state index in [9.17, 15) is 4.57 Å². The molecule has 0 spiro atoms. The lowest BCUT2D eigenvalue weighted by atomic mass is 10.2. The molecule has 0 amide bonds. The molecule has 3 rings (SSSR count). The van der Waals surface area contributed by atoms with Crippen LogP contribution in [0.5, 0.6) is 0 Å². The fraction of sp³-hybridized carbons (Fsp3) is 0.706. The van der Waals surface area contributed by atoms with Gasteiger partial charge in [0.25, 0.3) is 0 Å². The van der Waals surface area contributed by atoms with Gasteiger partial charge in [0.05, 0.1) is 19.0 Å². The number of ether oxygens (including phenoxy) is 2. The highest BCUT2D eigenvalue weighted by Crippen LogP contribution is 2.42. The molecule has 0 bridgehead atoms. The molecule has 0 unspecified atom stereocenters. The fourth-order valence-corrected chi connectivity index (χ4v) is 5.02. The van der Waals surface area contributed by atoms with Crippen molar-refractivity contribution >= 4 is 44.6 Å². The molecule has 0 radical (unpaired) electrons. The van der Waals surface area contributed by atoms with Crippen molar-refractivity contribution in [3.8, 4) is 0 Å². The summed E-state index contributed by atoms with van der Waals surface area (Å²) in [6.45, 7) is 10.7. The number of nitrogens with zero attached hydrogens (tertiary/aromatic N) is 4. The Morgan fingerprint density at radius 3 is 2.68 bits per heavy atom. The number of rotatable bonds is 7. The molecule has 1 saturated heterocycles. The Labute approximate surface area is 186 Å². The fourth-order valence-electron chi connectivity index (χ4n) is 3.10. The van der Waals surface area contributed by atoms with Gasteiger partial charge in [0, 0.05) is 6.42 Å². The third-order valence-electron chi connectivity index (χ3n) is 5.68. The second-order valence-electron chi connectivity index (χ2n) is 9.14. The highest BCUT2D eigenvalue weighted by molar-refractivity contribution is 7.51. The molecule has 3 heterocycles. The van der Waals surface area contributed by atoms with E-state index in [1.54, 1.807) is 10.9 Å². The quantitative estimate of drug-likeness (QED) is 0.298. The molecule has 1 aliphatic rings. The van der Waals surface area contributed by atoms with Gasteiger partial charge < -0.3 is 29.4 Å². The Kier molecular flexibility index (Phi) is 6.86. The van der Waals surface area contributed by atoms with Gasteiger partial charge in [0.1, 0.15) is 24.2 Å². The van der Waals surface area contributed by atoms with E-state index < -0.39 is 34.6 Å². The summed E-state index contributed by atoms with van der Waals surface area (Å²) in [7, 11) is -6.44. The standard InChI is InChI=1S/C17H29ClN5O6PSi/c1-17(2,3)31(4,5)29-10-6-12(28-11(10)7-27-9-30(24,25)26)23-8-20-13-14(18)21-16(19)22-15(13)23/h8,10-12H,6-7,9H2,1-5H3,(H2,19,21,22)(H2,24,25,26)/t10-,11+,12+/m0/s1. The number of anilines is 1. The molecular formula is C17H29ClN5O6PSi. The molecular weight excluding hydrogens is 465 g/mol. The summed E-state index contributed by atoms with van der Waals surface area (Å²) in [6, 6.07) is 0. The zero-order valence-electron chi connectivity index (χ0n) is 18.1. The monoisotopic (exact) mass is 493 g/mol. The number of halogens is 1. The Bertz CT molecular complexity index is 993. The molecule has 14 heteroatoms. The third-order valence-corrected chi connectivity index (χ3v) is 11.0. The average Bonchev–Trinajstić information content (AvgIpc) is 3.16. The number of fused-ring (bicyclic) bond motifs is 1. The minimum Gasteiger partial charge on any atom is -0.411 e. The summed E-state index contributed by atoms with van der Waals surface area (Å²) in [6.07, 6.45) is -0.0139. The number of hydrogen-bond acceptors (Lipinski definition) is 8. The highest BCUT2D eigenvalue weighted by atomic mass is 35.5. The van der Waals surface area contributed by atoms with Crippen LogP contribution in [0, 0.1) is 0 Å². The number of imidazole rings is 1. The van der Waals surface area contributed by atoms with Crippen LogP contribution < -0.4 is 5.73 Å². The van der Waals surface area contributed by atoms with Gasteiger partial charge in [-0.3, -0.25) is 9.13 Å².